The second kappa shape index (κ2) is 5.29. The van der Waals surface area contributed by atoms with Crippen molar-refractivity contribution in [3.63, 3.8) is 0 Å². The standard InChI is InChI=1S/C16H14BrNO2/c1-2-20-16(19)12-7-10(9-17)8-14-15(12)11-5-3-4-6-13(11)18-14/h3-8,18H,2,9H2,1H3. The molecule has 0 spiro atoms. The molecule has 0 atom stereocenters. The number of ether oxygens (including phenoxy) is 1. The van der Waals surface area contributed by atoms with E-state index in [1.807, 2.05) is 37.3 Å². The van der Waals surface area contributed by atoms with Crippen LogP contribution < -0.4 is 0 Å². The number of rotatable bonds is 3. The first kappa shape index (κ1) is 13.2. The number of hydrogen-bond donors (Lipinski definition) is 1. The first-order chi connectivity index (χ1) is 9.74. The minimum Gasteiger partial charge on any atom is -0.462 e. The number of alkyl halides is 1. The molecule has 0 aliphatic carbocycles. The molecule has 0 saturated heterocycles. The molecule has 1 N–H and O–H groups in total. The lowest BCUT2D eigenvalue weighted by Crippen LogP contribution is -2.05. The molecule has 2 aromatic carbocycles. The summed E-state index contributed by atoms with van der Waals surface area (Å²) in [6.07, 6.45) is 0. The van der Waals surface area contributed by atoms with E-state index in [2.05, 4.69) is 27.0 Å². The molecule has 0 amide bonds. The van der Waals surface area contributed by atoms with Crippen LogP contribution in [0.1, 0.15) is 22.8 Å². The Morgan fingerprint density at radius 1 is 1.25 bits per heavy atom. The van der Waals surface area contributed by atoms with Gasteiger partial charge >= 0.3 is 5.97 Å². The molecule has 102 valence electrons. The number of para-hydroxylation sites is 1. The van der Waals surface area contributed by atoms with Gasteiger partial charge in [0.2, 0.25) is 0 Å². The van der Waals surface area contributed by atoms with E-state index in [0.29, 0.717) is 17.5 Å². The van der Waals surface area contributed by atoms with E-state index in [0.717, 1.165) is 27.4 Å². The van der Waals surface area contributed by atoms with Crippen LogP contribution in [0.3, 0.4) is 0 Å². The predicted octanol–water partition coefficient (Wildman–Crippen LogP) is 4.39. The van der Waals surface area contributed by atoms with Gasteiger partial charge < -0.3 is 9.72 Å². The number of benzene rings is 2. The number of carbonyl (C=O) groups is 1. The van der Waals surface area contributed by atoms with Gasteiger partial charge in [-0.25, -0.2) is 4.79 Å². The van der Waals surface area contributed by atoms with Crippen molar-refractivity contribution in [3.05, 3.63) is 47.5 Å². The van der Waals surface area contributed by atoms with Crippen LogP contribution in [0.25, 0.3) is 21.8 Å². The number of halogens is 1. The summed E-state index contributed by atoms with van der Waals surface area (Å²) in [5.41, 5.74) is 3.66. The van der Waals surface area contributed by atoms with Gasteiger partial charge in [-0.3, -0.25) is 0 Å². The van der Waals surface area contributed by atoms with Crippen molar-refractivity contribution < 1.29 is 9.53 Å². The third-order valence-electron chi connectivity index (χ3n) is 3.31. The minimum atomic E-state index is -0.273. The zero-order valence-corrected chi connectivity index (χ0v) is 12.7. The third kappa shape index (κ3) is 2.10. The number of aromatic nitrogens is 1. The Morgan fingerprint density at radius 2 is 2.05 bits per heavy atom. The molecule has 3 rings (SSSR count). The average molecular weight is 332 g/mol. The summed E-state index contributed by atoms with van der Waals surface area (Å²) in [5, 5.41) is 2.68. The number of nitrogens with one attached hydrogen (secondary N) is 1. The second-order valence-corrected chi connectivity index (χ2v) is 5.15. The molecule has 0 bridgehead atoms. The van der Waals surface area contributed by atoms with Crippen molar-refractivity contribution in [2.24, 2.45) is 0 Å². The molecule has 0 aliphatic rings. The Hall–Kier alpha value is -1.81. The summed E-state index contributed by atoms with van der Waals surface area (Å²) in [5.74, 6) is -0.273. The van der Waals surface area contributed by atoms with Gasteiger partial charge in [-0.05, 0) is 30.7 Å². The zero-order chi connectivity index (χ0) is 14.1. The minimum absolute atomic E-state index is 0.273. The quantitative estimate of drug-likeness (QED) is 0.571. The van der Waals surface area contributed by atoms with E-state index in [1.54, 1.807) is 0 Å². The molecule has 3 nitrogen and oxygen atoms in total. The molecule has 0 radical (unpaired) electrons. The van der Waals surface area contributed by atoms with Crippen molar-refractivity contribution in [2.75, 3.05) is 6.61 Å². The lowest BCUT2D eigenvalue weighted by Gasteiger charge is -2.06. The van der Waals surface area contributed by atoms with Crippen LogP contribution in [0.2, 0.25) is 0 Å². The number of hydrogen-bond acceptors (Lipinski definition) is 2. The fourth-order valence-electron chi connectivity index (χ4n) is 2.49. The Kier molecular flexibility index (Phi) is 3.49. The Balaban J connectivity index is 2.37. The summed E-state index contributed by atoms with van der Waals surface area (Å²) in [6, 6.07) is 11.9. The largest absolute Gasteiger partial charge is 0.462 e. The van der Waals surface area contributed by atoms with Gasteiger partial charge in [-0.2, -0.15) is 0 Å². The Bertz CT molecular complexity index is 792. The smallest absolute Gasteiger partial charge is 0.338 e. The van der Waals surface area contributed by atoms with E-state index in [-0.39, 0.29) is 5.97 Å². The van der Waals surface area contributed by atoms with E-state index in [1.165, 1.54) is 0 Å². The summed E-state index contributed by atoms with van der Waals surface area (Å²) in [7, 11) is 0. The Morgan fingerprint density at radius 3 is 2.80 bits per heavy atom. The van der Waals surface area contributed by atoms with Crippen molar-refractivity contribution in [3.8, 4) is 0 Å². The normalized spacial score (nSPS) is 11.1. The second-order valence-electron chi connectivity index (χ2n) is 4.59. The first-order valence-corrected chi connectivity index (χ1v) is 7.63. The first-order valence-electron chi connectivity index (χ1n) is 6.51. The van der Waals surface area contributed by atoms with E-state index in [4.69, 9.17) is 4.74 Å². The van der Waals surface area contributed by atoms with Gasteiger partial charge in [-0.1, -0.05) is 34.1 Å². The number of carbonyl (C=O) groups excluding carboxylic acids is 1. The summed E-state index contributed by atoms with van der Waals surface area (Å²) >= 11 is 3.44. The van der Waals surface area contributed by atoms with Gasteiger partial charge in [0, 0.05) is 27.1 Å². The summed E-state index contributed by atoms with van der Waals surface area (Å²) in [6.45, 7) is 2.19. The number of fused-ring (bicyclic) bond motifs is 3. The molecule has 0 fully saturated rings. The van der Waals surface area contributed by atoms with E-state index < -0.39 is 0 Å². The fraction of sp³-hybridized carbons (Fsp3) is 0.188. The SMILES string of the molecule is CCOC(=O)c1cc(CBr)cc2[nH]c3ccccc3c12. The monoisotopic (exact) mass is 331 g/mol. The van der Waals surface area contributed by atoms with Gasteiger partial charge in [0.1, 0.15) is 0 Å². The van der Waals surface area contributed by atoms with E-state index >= 15 is 0 Å². The van der Waals surface area contributed by atoms with Gasteiger partial charge in [0.05, 0.1) is 12.2 Å². The van der Waals surface area contributed by atoms with Crippen LogP contribution in [0.5, 0.6) is 0 Å². The summed E-state index contributed by atoms with van der Waals surface area (Å²) in [4.78, 5) is 15.6. The van der Waals surface area contributed by atoms with Crippen LogP contribution in [0, 0.1) is 0 Å². The highest BCUT2D eigenvalue weighted by Crippen LogP contribution is 2.30. The maximum atomic E-state index is 12.2. The molecule has 0 saturated carbocycles. The molecule has 0 unspecified atom stereocenters. The van der Waals surface area contributed by atoms with Crippen LogP contribution in [0.15, 0.2) is 36.4 Å². The molecule has 0 aliphatic heterocycles. The van der Waals surface area contributed by atoms with Crippen molar-refractivity contribution in [1.29, 1.82) is 0 Å². The van der Waals surface area contributed by atoms with E-state index in [9.17, 15) is 4.79 Å². The van der Waals surface area contributed by atoms with Gasteiger partial charge in [0.15, 0.2) is 0 Å². The zero-order valence-electron chi connectivity index (χ0n) is 11.1. The maximum absolute atomic E-state index is 12.2. The van der Waals surface area contributed by atoms with Gasteiger partial charge in [-0.15, -0.1) is 0 Å². The number of H-pyrrole nitrogens is 1. The average Bonchev–Trinajstić information content (AvgIpc) is 2.84. The topological polar surface area (TPSA) is 42.1 Å². The van der Waals surface area contributed by atoms with Crippen LogP contribution >= 0.6 is 15.9 Å². The molecular weight excluding hydrogens is 318 g/mol. The highest BCUT2D eigenvalue weighted by atomic mass is 79.9. The highest BCUT2D eigenvalue weighted by molar-refractivity contribution is 9.08. The molecule has 4 heteroatoms. The predicted molar refractivity (Wildman–Crippen MR) is 84.4 cm³/mol. The molecule has 3 aromatic rings. The lowest BCUT2D eigenvalue weighted by atomic mass is 10.0. The van der Waals surface area contributed by atoms with Crippen LogP contribution in [-0.2, 0) is 10.1 Å². The number of aromatic amines is 1. The lowest BCUT2D eigenvalue weighted by molar-refractivity contribution is 0.0528. The van der Waals surface area contributed by atoms with Crippen molar-refractivity contribution in [2.45, 2.75) is 12.3 Å². The van der Waals surface area contributed by atoms with Crippen molar-refractivity contribution >= 4 is 43.7 Å². The van der Waals surface area contributed by atoms with Crippen LogP contribution in [0.4, 0.5) is 0 Å². The molecule has 1 heterocycles. The summed E-state index contributed by atoms with van der Waals surface area (Å²) < 4.78 is 5.19. The highest BCUT2D eigenvalue weighted by Gasteiger charge is 2.16. The number of esters is 1. The maximum Gasteiger partial charge on any atom is 0.338 e. The fourth-order valence-corrected chi connectivity index (χ4v) is 2.82. The van der Waals surface area contributed by atoms with Crippen molar-refractivity contribution in [1.82, 2.24) is 4.98 Å². The van der Waals surface area contributed by atoms with Crippen LogP contribution in [-0.4, -0.2) is 17.6 Å². The molecule has 20 heavy (non-hydrogen) atoms. The molecule has 1 aromatic heterocycles. The van der Waals surface area contributed by atoms with Gasteiger partial charge in [0.25, 0.3) is 0 Å². The Labute approximate surface area is 125 Å². The third-order valence-corrected chi connectivity index (χ3v) is 3.96. The molecular formula is C16H14BrNO2.